The molecule has 1 rings (SSSR count). The largest absolute Gasteiger partial charge is 0.355 e. The second-order valence-corrected chi connectivity index (χ2v) is 4.98. The average molecular weight is 227 g/mol. The first kappa shape index (κ1) is 13.5. The summed E-state index contributed by atoms with van der Waals surface area (Å²) in [4.78, 5) is 13.9. The van der Waals surface area contributed by atoms with Gasteiger partial charge in [-0.15, -0.1) is 0 Å². The molecule has 0 aromatic heterocycles. The first-order chi connectivity index (χ1) is 7.63. The zero-order chi connectivity index (χ0) is 12.0. The zero-order valence-corrected chi connectivity index (χ0v) is 10.5. The molecular formula is C12H25N3O. The molecule has 0 bridgehead atoms. The van der Waals surface area contributed by atoms with Crippen molar-refractivity contribution in [1.82, 2.24) is 10.2 Å². The van der Waals surface area contributed by atoms with Gasteiger partial charge in [0.25, 0.3) is 0 Å². The van der Waals surface area contributed by atoms with Crippen molar-refractivity contribution in [3.63, 3.8) is 0 Å². The van der Waals surface area contributed by atoms with E-state index in [0.29, 0.717) is 19.0 Å². The number of hydrogen-bond acceptors (Lipinski definition) is 3. The Balaban J connectivity index is 2.20. The Bertz CT molecular complexity index is 220. The second-order valence-electron chi connectivity index (χ2n) is 4.98. The Morgan fingerprint density at radius 1 is 1.56 bits per heavy atom. The van der Waals surface area contributed by atoms with Crippen molar-refractivity contribution in [3.05, 3.63) is 0 Å². The van der Waals surface area contributed by atoms with Crippen LogP contribution in [0.3, 0.4) is 0 Å². The molecule has 4 nitrogen and oxygen atoms in total. The van der Waals surface area contributed by atoms with Crippen LogP contribution in [-0.2, 0) is 4.79 Å². The van der Waals surface area contributed by atoms with Gasteiger partial charge in [0.1, 0.15) is 0 Å². The minimum atomic E-state index is 0.136. The van der Waals surface area contributed by atoms with Gasteiger partial charge in [0.15, 0.2) is 0 Å². The Labute approximate surface area is 98.6 Å². The van der Waals surface area contributed by atoms with Gasteiger partial charge >= 0.3 is 0 Å². The van der Waals surface area contributed by atoms with Crippen molar-refractivity contribution in [3.8, 4) is 0 Å². The zero-order valence-electron chi connectivity index (χ0n) is 10.5. The van der Waals surface area contributed by atoms with Crippen LogP contribution < -0.4 is 11.1 Å². The van der Waals surface area contributed by atoms with Crippen molar-refractivity contribution in [2.24, 2.45) is 11.7 Å². The fraction of sp³-hybridized carbons (Fsp3) is 0.917. The van der Waals surface area contributed by atoms with Gasteiger partial charge in [-0.2, -0.15) is 0 Å². The molecule has 3 N–H and O–H groups in total. The predicted octanol–water partition coefficient (Wildman–Crippen LogP) is 0.572. The van der Waals surface area contributed by atoms with Crippen LogP contribution in [0.4, 0.5) is 0 Å². The highest BCUT2D eigenvalue weighted by Crippen LogP contribution is 2.14. The number of carbonyl (C=O) groups is 1. The van der Waals surface area contributed by atoms with Gasteiger partial charge in [-0.1, -0.05) is 13.3 Å². The summed E-state index contributed by atoms with van der Waals surface area (Å²) >= 11 is 0. The van der Waals surface area contributed by atoms with Crippen LogP contribution in [0.5, 0.6) is 0 Å². The monoisotopic (exact) mass is 227 g/mol. The van der Waals surface area contributed by atoms with Crippen molar-refractivity contribution >= 4 is 5.91 Å². The molecule has 1 fully saturated rings. The van der Waals surface area contributed by atoms with Crippen LogP contribution in [0.2, 0.25) is 0 Å². The lowest BCUT2D eigenvalue weighted by atomic mass is 10.0. The summed E-state index contributed by atoms with van der Waals surface area (Å²) in [6.07, 6.45) is 4.31. The fourth-order valence-electron chi connectivity index (χ4n) is 2.11. The minimum Gasteiger partial charge on any atom is -0.355 e. The van der Waals surface area contributed by atoms with E-state index in [1.54, 1.807) is 0 Å². The molecule has 0 aromatic rings. The van der Waals surface area contributed by atoms with E-state index < -0.39 is 0 Å². The van der Waals surface area contributed by atoms with E-state index in [-0.39, 0.29) is 11.8 Å². The molecular weight excluding hydrogens is 202 g/mol. The number of nitrogens with zero attached hydrogens (tertiary/aromatic N) is 1. The average Bonchev–Trinajstić information content (AvgIpc) is 2.28. The van der Waals surface area contributed by atoms with Crippen molar-refractivity contribution in [1.29, 1.82) is 0 Å². The standard InChI is InChI=1S/C12H25N3O/c1-10(8-13)7-12(16)14-9-11-5-3-4-6-15(11)2/h10-11H,3-9,13H2,1-2H3,(H,14,16). The first-order valence-electron chi connectivity index (χ1n) is 6.30. The summed E-state index contributed by atoms with van der Waals surface area (Å²) in [5.41, 5.74) is 5.49. The number of likely N-dealkylation sites (N-methyl/N-ethyl adjacent to an activating group) is 1. The molecule has 16 heavy (non-hydrogen) atoms. The summed E-state index contributed by atoms with van der Waals surface area (Å²) in [5.74, 6) is 0.418. The topological polar surface area (TPSA) is 58.4 Å². The first-order valence-corrected chi connectivity index (χ1v) is 6.30. The van der Waals surface area contributed by atoms with Crippen LogP contribution in [0.15, 0.2) is 0 Å². The number of likely N-dealkylation sites (tertiary alicyclic amines) is 1. The smallest absolute Gasteiger partial charge is 0.220 e. The van der Waals surface area contributed by atoms with E-state index in [1.165, 1.54) is 19.3 Å². The lowest BCUT2D eigenvalue weighted by Gasteiger charge is -2.32. The molecule has 1 amide bonds. The van der Waals surface area contributed by atoms with Crippen LogP contribution in [0.25, 0.3) is 0 Å². The number of nitrogens with one attached hydrogen (secondary N) is 1. The quantitative estimate of drug-likeness (QED) is 0.722. The maximum Gasteiger partial charge on any atom is 0.220 e. The predicted molar refractivity (Wildman–Crippen MR) is 66.1 cm³/mol. The summed E-state index contributed by atoms with van der Waals surface area (Å²) in [6, 6.07) is 0.519. The Hall–Kier alpha value is -0.610. The maximum absolute atomic E-state index is 11.6. The molecule has 0 aliphatic carbocycles. The number of carbonyl (C=O) groups excluding carboxylic acids is 1. The molecule has 1 aliphatic heterocycles. The number of amides is 1. The van der Waals surface area contributed by atoms with E-state index in [2.05, 4.69) is 17.3 Å². The molecule has 1 heterocycles. The lowest BCUT2D eigenvalue weighted by Crippen LogP contribution is -2.44. The van der Waals surface area contributed by atoms with Gasteiger partial charge < -0.3 is 16.0 Å². The number of rotatable bonds is 5. The van der Waals surface area contributed by atoms with Gasteiger partial charge in [-0.3, -0.25) is 4.79 Å². The van der Waals surface area contributed by atoms with Gasteiger partial charge in [-0.25, -0.2) is 0 Å². The van der Waals surface area contributed by atoms with Crippen LogP contribution in [-0.4, -0.2) is 43.5 Å². The summed E-state index contributed by atoms with van der Waals surface area (Å²) < 4.78 is 0. The summed E-state index contributed by atoms with van der Waals surface area (Å²) in [6.45, 7) is 4.52. The number of hydrogen-bond donors (Lipinski definition) is 2. The van der Waals surface area contributed by atoms with Crippen LogP contribution >= 0.6 is 0 Å². The molecule has 2 unspecified atom stereocenters. The van der Waals surface area contributed by atoms with E-state index in [1.807, 2.05) is 6.92 Å². The van der Waals surface area contributed by atoms with E-state index >= 15 is 0 Å². The number of nitrogens with two attached hydrogens (primary N) is 1. The SMILES string of the molecule is CC(CN)CC(=O)NCC1CCCCN1C. The molecule has 94 valence electrons. The highest BCUT2D eigenvalue weighted by molar-refractivity contribution is 5.76. The molecule has 0 saturated carbocycles. The third kappa shape index (κ3) is 4.49. The Kier molecular flexibility index (Phi) is 5.77. The molecule has 0 spiro atoms. The Morgan fingerprint density at radius 2 is 2.31 bits per heavy atom. The molecule has 1 saturated heterocycles. The molecule has 2 atom stereocenters. The highest BCUT2D eigenvalue weighted by Gasteiger charge is 2.19. The summed E-state index contributed by atoms with van der Waals surface area (Å²) in [5, 5.41) is 3.01. The molecule has 0 aromatic carbocycles. The van der Waals surface area contributed by atoms with E-state index in [4.69, 9.17) is 5.73 Å². The van der Waals surface area contributed by atoms with Gasteiger partial charge in [0, 0.05) is 19.0 Å². The minimum absolute atomic E-state index is 0.136. The third-order valence-corrected chi connectivity index (χ3v) is 3.39. The second kappa shape index (κ2) is 6.86. The van der Waals surface area contributed by atoms with Gasteiger partial charge in [-0.05, 0) is 38.9 Å². The van der Waals surface area contributed by atoms with Crippen LogP contribution in [0.1, 0.15) is 32.6 Å². The summed E-state index contributed by atoms with van der Waals surface area (Å²) in [7, 11) is 2.14. The maximum atomic E-state index is 11.6. The van der Waals surface area contributed by atoms with Crippen molar-refractivity contribution < 1.29 is 4.79 Å². The lowest BCUT2D eigenvalue weighted by molar-refractivity contribution is -0.122. The van der Waals surface area contributed by atoms with Crippen molar-refractivity contribution in [2.45, 2.75) is 38.6 Å². The third-order valence-electron chi connectivity index (χ3n) is 3.39. The molecule has 0 radical (unpaired) electrons. The van der Waals surface area contributed by atoms with E-state index in [0.717, 1.165) is 13.1 Å². The number of piperidine rings is 1. The normalized spacial score (nSPS) is 24.1. The van der Waals surface area contributed by atoms with Gasteiger partial charge in [0.05, 0.1) is 0 Å². The highest BCUT2D eigenvalue weighted by atomic mass is 16.1. The molecule has 1 aliphatic rings. The Morgan fingerprint density at radius 3 is 2.94 bits per heavy atom. The molecule has 4 heteroatoms. The van der Waals surface area contributed by atoms with E-state index in [9.17, 15) is 4.79 Å². The van der Waals surface area contributed by atoms with Crippen LogP contribution in [0, 0.1) is 5.92 Å². The van der Waals surface area contributed by atoms with Crippen molar-refractivity contribution in [2.75, 3.05) is 26.7 Å². The van der Waals surface area contributed by atoms with Gasteiger partial charge in [0.2, 0.25) is 5.91 Å². The fourth-order valence-corrected chi connectivity index (χ4v) is 2.11.